The molecule has 1 saturated carbocycles. The molecule has 22 heavy (non-hydrogen) atoms. The average molecular weight is 308 g/mol. The second kappa shape index (κ2) is 6.87. The van der Waals surface area contributed by atoms with Gasteiger partial charge in [-0.25, -0.2) is 9.18 Å². The van der Waals surface area contributed by atoms with E-state index in [4.69, 9.17) is 0 Å². The number of halogens is 1. The third-order valence-corrected chi connectivity index (χ3v) is 4.06. The molecule has 6 heteroatoms. The van der Waals surface area contributed by atoms with Gasteiger partial charge in [-0.2, -0.15) is 0 Å². The first kappa shape index (κ1) is 16.4. The fraction of sp³-hybridized carbons (Fsp3) is 0.500. The summed E-state index contributed by atoms with van der Waals surface area (Å²) in [5.74, 6) is -1.63. The molecule has 0 saturated heterocycles. The summed E-state index contributed by atoms with van der Waals surface area (Å²) in [7, 11) is 1.70. The Labute approximate surface area is 129 Å². The van der Waals surface area contributed by atoms with Crippen molar-refractivity contribution in [3.05, 3.63) is 35.6 Å². The van der Waals surface area contributed by atoms with Crippen molar-refractivity contribution in [2.45, 2.75) is 37.8 Å². The van der Waals surface area contributed by atoms with Gasteiger partial charge in [0.05, 0.1) is 6.54 Å². The molecule has 120 valence electrons. The lowest BCUT2D eigenvalue weighted by atomic mass is 9.98. The van der Waals surface area contributed by atoms with E-state index in [-0.39, 0.29) is 18.3 Å². The van der Waals surface area contributed by atoms with E-state index in [1.165, 1.54) is 6.07 Å². The van der Waals surface area contributed by atoms with E-state index >= 15 is 0 Å². The Morgan fingerprint density at radius 3 is 2.55 bits per heavy atom. The van der Waals surface area contributed by atoms with Crippen LogP contribution in [-0.2, 0) is 16.1 Å². The smallest absolute Gasteiger partial charge is 0.329 e. The third kappa shape index (κ3) is 3.82. The molecule has 1 aliphatic rings. The van der Waals surface area contributed by atoms with Crippen molar-refractivity contribution in [2.24, 2.45) is 0 Å². The summed E-state index contributed by atoms with van der Waals surface area (Å²) >= 11 is 0. The van der Waals surface area contributed by atoms with Gasteiger partial charge in [0.25, 0.3) is 0 Å². The molecule has 1 fully saturated rings. The van der Waals surface area contributed by atoms with Crippen LogP contribution in [0.4, 0.5) is 4.39 Å². The van der Waals surface area contributed by atoms with Crippen LogP contribution in [0.25, 0.3) is 0 Å². The monoisotopic (exact) mass is 308 g/mol. The van der Waals surface area contributed by atoms with E-state index in [9.17, 15) is 19.1 Å². The molecule has 0 atom stereocenters. The highest BCUT2D eigenvalue weighted by atomic mass is 19.1. The first-order valence-corrected chi connectivity index (χ1v) is 7.39. The molecule has 0 spiro atoms. The van der Waals surface area contributed by atoms with Crippen LogP contribution in [0.1, 0.15) is 31.2 Å². The van der Waals surface area contributed by atoms with Gasteiger partial charge in [-0.05, 0) is 26.0 Å². The van der Waals surface area contributed by atoms with Gasteiger partial charge in [0.15, 0.2) is 0 Å². The van der Waals surface area contributed by atoms with Crippen LogP contribution in [0.15, 0.2) is 24.3 Å². The first-order valence-electron chi connectivity index (χ1n) is 7.39. The number of aliphatic carboxylic acids is 1. The Kier molecular flexibility index (Phi) is 5.13. The van der Waals surface area contributed by atoms with Gasteiger partial charge >= 0.3 is 5.97 Å². The second-order valence-corrected chi connectivity index (χ2v) is 5.91. The van der Waals surface area contributed by atoms with Crippen LogP contribution in [0.3, 0.4) is 0 Å². The fourth-order valence-electron chi connectivity index (χ4n) is 2.90. The van der Waals surface area contributed by atoms with Crippen molar-refractivity contribution in [1.82, 2.24) is 10.2 Å². The number of nitrogens with one attached hydrogen (secondary N) is 1. The van der Waals surface area contributed by atoms with Crippen LogP contribution >= 0.6 is 0 Å². The van der Waals surface area contributed by atoms with Crippen molar-refractivity contribution in [2.75, 3.05) is 13.6 Å². The van der Waals surface area contributed by atoms with Crippen molar-refractivity contribution in [3.8, 4) is 0 Å². The Balaban J connectivity index is 1.91. The van der Waals surface area contributed by atoms with Crippen LogP contribution < -0.4 is 5.32 Å². The molecular formula is C16H21FN2O3. The van der Waals surface area contributed by atoms with Crippen LogP contribution in [-0.4, -0.2) is 41.0 Å². The first-order chi connectivity index (χ1) is 10.4. The highest BCUT2D eigenvalue weighted by Crippen LogP contribution is 2.29. The van der Waals surface area contributed by atoms with Gasteiger partial charge in [0.2, 0.25) is 5.91 Å². The van der Waals surface area contributed by atoms with Gasteiger partial charge in [-0.3, -0.25) is 9.69 Å². The molecule has 0 aromatic heterocycles. The lowest BCUT2D eigenvalue weighted by Gasteiger charge is -2.26. The maximum absolute atomic E-state index is 13.6. The summed E-state index contributed by atoms with van der Waals surface area (Å²) in [6, 6.07) is 6.40. The molecule has 0 aliphatic heterocycles. The number of carboxylic acid groups (broad SMARTS) is 1. The predicted molar refractivity (Wildman–Crippen MR) is 79.7 cm³/mol. The molecule has 1 aromatic rings. The number of carboxylic acids is 1. The number of nitrogens with zero attached hydrogens (tertiary/aromatic N) is 1. The minimum absolute atomic E-state index is 0.0311. The van der Waals surface area contributed by atoms with Gasteiger partial charge in [0.1, 0.15) is 11.4 Å². The summed E-state index contributed by atoms with van der Waals surface area (Å²) in [4.78, 5) is 25.2. The van der Waals surface area contributed by atoms with E-state index < -0.39 is 11.5 Å². The van der Waals surface area contributed by atoms with Crippen molar-refractivity contribution >= 4 is 11.9 Å². The lowest BCUT2D eigenvalue weighted by Crippen LogP contribution is -2.54. The zero-order chi connectivity index (χ0) is 16.2. The quantitative estimate of drug-likeness (QED) is 0.840. The second-order valence-electron chi connectivity index (χ2n) is 5.91. The summed E-state index contributed by atoms with van der Waals surface area (Å²) in [6.45, 7) is 0.323. The largest absolute Gasteiger partial charge is 0.480 e. The van der Waals surface area contributed by atoms with E-state index in [2.05, 4.69) is 5.32 Å². The fourth-order valence-corrected chi connectivity index (χ4v) is 2.90. The van der Waals surface area contributed by atoms with Crippen molar-refractivity contribution < 1.29 is 19.1 Å². The molecular weight excluding hydrogens is 287 g/mol. The number of benzene rings is 1. The summed E-state index contributed by atoms with van der Waals surface area (Å²) in [5, 5.41) is 12.0. The minimum Gasteiger partial charge on any atom is -0.480 e. The van der Waals surface area contributed by atoms with E-state index in [0.717, 1.165) is 12.8 Å². The van der Waals surface area contributed by atoms with E-state index in [1.807, 2.05) is 0 Å². The molecule has 1 aromatic carbocycles. The highest BCUT2D eigenvalue weighted by Gasteiger charge is 2.42. The van der Waals surface area contributed by atoms with Gasteiger partial charge in [-0.15, -0.1) is 0 Å². The van der Waals surface area contributed by atoms with Crippen LogP contribution in [0.2, 0.25) is 0 Å². The zero-order valence-electron chi connectivity index (χ0n) is 12.6. The molecule has 2 N–H and O–H groups in total. The average Bonchev–Trinajstić information content (AvgIpc) is 2.91. The van der Waals surface area contributed by atoms with Crippen LogP contribution in [0, 0.1) is 5.82 Å². The Hall–Kier alpha value is -1.95. The number of hydrogen-bond donors (Lipinski definition) is 2. The molecule has 0 radical (unpaired) electrons. The lowest BCUT2D eigenvalue weighted by molar-refractivity contribution is -0.147. The number of likely N-dealkylation sites (N-methyl/N-ethyl adjacent to an activating group) is 1. The number of amides is 1. The van der Waals surface area contributed by atoms with Crippen molar-refractivity contribution in [1.29, 1.82) is 0 Å². The molecule has 0 unspecified atom stereocenters. The molecule has 0 heterocycles. The molecule has 2 rings (SSSR count). The normalized spacial score (nSPS) is 16.7. The standard InChI is InChI=1S/C16H21FN2O3/c1-19(10-12-6-2-3-7-13(12)17)11-14(20)18-16(15(21)22)8-4-5-9-16/h2-3,6-7H,4-5,8-11H2,1H3,(H,18,20)(H,21,22). The SMILES string of the molecule is CN(CC(=O)NC1(C(=O)O)CCCC1)Cc1ccccc1F. The van der Waals surface area contributed by atoms with Gasteiger partial charge < -0.3 is 10.4 Å². The Morgan fingerprint density at radius 1 is 1.32 bits per heavy atom. The van der Waals surface area contributed by atoms with Gasteiger partial charge in [-0.1, -0.05) is 31.0 Å². The third-order valence-electron chi connectivity index (χ3n) is 4.06. The topological polar surface area (TPSA) is 69.6 Å². The summed E-state index contributed by atoms with van der Waals surface area (Å²) in [6.07, 6.45) is 2.53. The number of hydrogen-bond acceptors (Lipinski definition) is 3. The maximum Gasteiger partial charge on any atom is 0.329 e. The zero-order valence-corrected chi connectivity index (χ0v) is 12.6. The van der Waals surface area contributed by atoms with Crippen molar-refractivity contribution in [3.63, 3.8) is 0 Å². The molecule has 1 aliphatic carbocycles. The molecule has 1 amide bonds. The number of carbonyl (C=O) groups excluding carboxylic acids is 1. The number of carbonyl (C=O) groups is 2. The molecule has 0 bridgehead atoms. The predicted octanol–water partition coefficient (Wildman–Crippen LogP) is 1.77. The summed E-state index contributed by atoms with van der Waals surface area (Å²) in [5.41, 5.74) is -0.623. The highest BCUT2D eigenvalue weighted by molar-refractivity contribution is 5.88. The molecule has 5 nitrogen and oxygen atoms in total. The van der Waals surface area contributed by atoms with Crippen LogP contribution in [0.5, 0.6) is 0 Å². The Bertz CT molecular complexity index is 556. The van der Waals surface area contributed by atoms with E-state index in [1.54, 1.807) is 30.1 Å². The maximum atomic E-state index is 13.6. The van der Waals surface area contributed by atoms with E-state index in [0.29, 0.717) is 24.9 Å². The minimum atomic E-state index is -1.13. The van der Waals surface area contributed by atoms with Gasteiger partial charge in [0, 0.05) is 12.1 Å². The summed E-state index contributed by atoms with van der Waals surface area (Å²) < 4.78 is 13.6. The Morgan fingerprint density at radius 2 is 1.95 bits per heavy atom. The number of rotatable bonds is 6.